The van der Waals surface area contributed by atoms with Gasteiger partial charge in [-0.3, -0.25) is 29.4 Å². The third-order valence-electron chi connectivity index (χ3n) is 3.52. The normalized spacial score (nSPS) is 18.1. The quantitative estimate of drug-likeness (QED) is 0.844. The molecule has 22 heavy (non-hydrogen) atoms. The molecule has 1 aromatic heterocycles. The van der Waals surface area contributed by atoms with E-state index in [-0.39, 0.29) is 33.5 Å². The number of rotatable bonds is 2. The average molecular weight is 319 g/mol. The molecule has 1 aliphatic rings. The molecule has 1 amide bonds. The van der Waals surface area contributed by atoms with Crippen LogP contribution in [-0.2, 0) is 9.59 Å². The van der Waals surface area contributed by atoms with E-state index in [2.05, 4.69) is 10.2 Å². The third kappa shape index (κ3) is 2.45. The molecule has 114 valence electrons. The third-order valence-corrected chi connectivity index (χ3v) is 4.50. The van der Waals surface area contributed by atoms with E-state index in [9.17, 15) is 19.2 Å². The van der Waals surface area contributed by atoms with Crippen LogP contribution in [0.5, 0.6) is 0 Å². The van der Waals surface area contributed by atoms with E-state index in [0.29, 0.717) is 12.2 Å². The summed E-state index contributed by atoms with van der Waals surface area (Å²) in [6, 6.07) is 4.80. The summed E-state index contributed by atoms with van der Waals surface area (Å²) in [6.07, 6.45) is 0.238. The average Bonchev–Trinajstić information content (AvgIpc) is 2.82. The van der Waals surface area contributed by atoms with Gasteiger partial charge in [-0.25, -0.2) is 0 Å². The first-order valence-corrected chi connectivity index (χ1v) is 7.56. The molecule has 2 aromatic rings. The van der Waals surface area contributed by atoms with Crippen molar-refractivity contribution in [3.63, 3.8) is 0 Å². The number of amides is 1. The maximum atomic E-state index is 12.2. The van der Waals surface area contributed by atoms with Gasteiger partial charge in [-0.1, -0.05) is 17.8 Å². The number of benzene rings is 1. The SMILES string of the molecule is CC(=O)SC1CC(=O)N(c2cccc3c(=O)[nH][nH]c(=O)c23)C1. The van der Waals surface area contributed by atoms with Gasteiger partial charge >= 0.3 is 0 Å². The van der Waals surface area contributed by atoms with E-state index in [4.69, 9.17) is 0 Å². The summed E-state index contributed by atoms with van der Waals surface area (Å²) in [5.74, 6) is -0.161. The minimum absolute atomic E-state index is 0.0492. The van der Waals surface area contributed by atoms with Crippen LogP contribution in [-0.4, -0.2) is 33.0 Å². The van der Waals surface area contributed by atoms with Gasteiger partial charge in [0.2, 0.25) is 5.91 Å². The molecule has 3 rings (SSSR count). The Hall–Kier alpha value is -2.35. The monoisotopic (exact) mass is 319 g/mol. The number of nitrogens with one attached hydrogen (secondary N) is 2. The first-order valence-electron chi connectivity index (χ1n) is 6.68. The molecule has 1 atom stereocenters. The van der Waals surface area contributed by atoms with Crippen molar-refractivity contribution < 1.29 is 9.59 Å². The Labute approximate surface area is 128 Å². The number of thioether (sulfide) groups is 1. The van der Waals surface area contributed by atoms with Crippen LogP contribution in [0.1, 0.15) is 13.3 Å². The lowest BCUT2D eigenvalue weighted by Gasteiger charge is -2.17. The van der Waals surface area contributed by atoms with Gasteiger partial charge in [-0.15, -0.1) is 0 Å². The molecule has 2 N–H and O–H groups in total. The van der Waals surface area contributed by atoms with E-state index >= 15 is 0 Å². The smallest absolute Gasteiger partial charge is 0.272 e. The molecule has 1 unspecified atom stereocenters. The van der Waals surface area contributed by atoms with Crippen molar-refractivity contribution in [3.8, 4) is 0 Å². The highest BCUT2D eigenvalue weighted by Crippen LogP contribution is 2.31. The van der Waals surface area contributed by atoms with E-state index in [1.54, 1.807) is 12.1 Å². The Balaban J connectivity index is 2.10. The van der Waals surface area contributed by atoms with Gasteiger partial charge in [0.1, 0.15) is 0 Å². The van der Waals surface area contributed by atoms with Gasteiger partial charge in [0, 0.05) is 25.1 Å². The predicted molar refractivity (Wildman–Crippen MR) is 84.2 cm³/mol. The number of H-pyrrole nitrogens is 2. The summed E-state index contributed by atoms with van der Waals surface area (Å²) in [4.78, 5) is 48.7. The lowest BCUT2D eigenvalue weighted by Crippen LogP contribution is -2.28. The van der Waals surface area contributed by atoms with Crippen molar-refractivity contribution in [1.82, 2.24) is 10.2 Å². The van der Waals surface area contributed by atoms with Crippen LogP contribution >= 0.6 is 11.8 Å². The molecular weight excluding hydrogens is 306 g/mol. The Bertz CT molecular complexity index is 886. The van der Waals surface area contributed by atoms with Crippen molar-refractivity contribution in [1.29, 1.82) is 0 Å². The molecule has 0 radical (unpaired) electrons. The van der Waals surface area contributed by atoms with Crippen LogP contribution in [0.4, 0.5) is 5.69 Å². The Morgan fingerprint density at radius 1 is 1.23 bits per heavy atom. The lowest BCUT2D eigenvalue weighted by molar-refractivity contribution is -0.117. The number of fused-ring (bicyclic) bond motifs is 1. The fourth-order valence-corrected chi connectivity index (χ4v) is 3.58. The van der Waals surface area contributed by atoms with E-state index in [0.717, 1.165) is 11.8 Å². The highest BCUT2D eigenvalue weighted by molar-refractivity contribution is 8.14. The van der Waals surface area contributed by atoms with E-state index < -0.39 is 11.1 Å². The molecule has 1 aromatic carbocycles. The molecule has 0 aliphatic carbocycles. The Morgan fingerprint density at radius 2 is 1.95 bits per heavy atom. The number of anilines is 1. The standard InChI is InChI=1S/C14H13N3O4S/c1-7(18)22-8-5-11(19)17(6-8)10-4-2-3-9-12(10)14(21)16-15-13(9)20/h2-4,8H,5-6H2,1H3,(H,15,20)(H,16,21). The van der Waals surface area contributed by atoms with Crippen LogP contribution in [0.2, 0.25) is 0 Å². The maximum absolute atomic E-state index is 12.2. The zero-order valence-corrected chi connectivity index (χ0v) is 12.5. The molecular formula is C14H13N3O4S. The second-order valence-corrected chi connectivity index (χ2v) is 6.53. The number of carbonyl (C=O) groups excluding carboxylic acids is 2. The molecule has 2 heterocycles. The second kappa shape index (κ2) is 5.45. The topological polar surface area (TPSA) is 103 Å². The van der Waals surface area contributed by atoms with Crippen molar-refractivity contribution in [2.45, 2.75) is 18.6 Å². The fraction of sp³-hybridized carbons (Fsp3) is 0.286. The predicted octanol–water partition coefficient (Wildman–Crippen LogP) is 0.601. The summed E-state index contributed by atoms with van der Waals surface area (Å²) in [5.41, 5.74) is -0.472. The van der Waals surface area contributed by atoms with Crippen molar-refractivity contribution in [2.24, 2.45) is 0 Å². The van der Waals surface area contributed by atoms with Crippen LogP contribution in [0.3, 0.4) is 0 Å². The first-order chi connectivity index (χ1) is 10.5. The van der Waals surface area contributed by atoms with Gasteiger partial charge in [0.15, 0.2) is 5.12 Å². The van der Waals surface area contributed by atoms with Crippen LogP contribution in [0, 0.1) is 0 Å². The highest BCUT2D eigenvalue weighted by atomic mass is 32.2. The van der Waals surface area contributed by atoms with Crippen molar-refractivity contribution in [3.05, 3.63) is 38.9 Å². The van der Waals surface area contributed by atoms with Crippen LogP contribution in [0.25, 0.3) is 10.8 Å². The summed E-state index contributed by atoms with van der Waals surface area (Å²) >= 11 is 1.12. The second-order valence-electron chi connectivity index (χ2n) is 5.05. The minimum Gasteiger partial charge on any atom is -0.310 e. The molecule has 7 nitrogen and oxygen atoms in total. The van der Waals surface area contributed by atoms with Gasteiger partial charge in [-0.05, 0) is 12.1 Å². The van der Waals surface area contributed by atoms with Crippen LogP contribution in [0.15, 0.2) is 27.8 Å². The van der Waals surface area contributed by atoms with Gasteiger partial charge in [0.25, 0.3) is 11.1 Å². The molecule has 0 saturated carbocycles. The minimum atomic E-state index is -0.458. The number of aromatic amines is 2. The Kier molecular flexibility index (Phi) is 3.61. The number of nitrogens with zero attached hydrogens (tertiary/aromatic N) is 1. The maximum Gasteiger partial charge on any atom is 0.272 e. The fourth-order valence-electron chi connectivity index (χ4n) is 2.66. The number of aromatic nitrogens is 2. The number of carbonyl (C=O) groups is 2. The first kappa shape index (κ1) is 14.6. The summed E-state index contributed by atoms with van der Waals surface area (Å²) in [7, 11) is 0. The van der Waals surface area contributed by atoms with Gasteiger partial charge in [-0.2, -0.15) is 0 Å². The highest BCUT2D eigenvalue weighted by Gasteiger charge is 2.33. The molecule has 8 heteroatoms. The number of hydrogen-bond donors (Lipinski definition) is 2. The van der Waals surface area contributed by atoms with Crippen molar-refractivity contribution in [2.75, 3.05) is 11.4 Å². The summed E-state index contributed by atoms with van der Waals surface area (Å²) in [5, 5.41) is 4.77. The van der Waals surface area contributed by atoms with Crippen molar-refractivity contribution >= 4 is 39.2 Å². The number of hydrogen-bond acceptors (Lipinski definition) is 5. The van der Waals surface area contributed by atoms with Gasteiger partial charge < -0.3 is 4.90 Å². The zero-order valence-electron chi connectivity index (χ0n) is 11.7. The van der Waals surface area contributed by atoms with E-state index in [1.807, 2.05) is 0 Å². The molecule has 1 aliphatic heterocycles. The largest absolute Gasteiger partial charge is 0.310 e. The Morgan fingerprint density at radius 3 is 2.68 bits per heavy atom. The molecule has 0 spiro atoms. The van der Waals surface area contributed by atoms with Gasteiger partial charge in [0.05, 0.1) is 16.5 Å². The van der Waals surface area contributed by atoms with E-state index in [1.165, 1.54) is 17.9 Å². The molecule has 1 fully saturated rings. The molecule has 0 bridgehead atoms. The lowest BCUT2D eigenvalue weighted by atomic mass is 10.1. The summed E-state index contributed by atoms with van der Waals surface area (Å²) in [6.45, 7) is 1.80. The molecule has 1 saturated heterocycles. The van der Waals surface area contributed by atoms with Crippen LogP contribution < -0.4 is 16.0 Å². The zero-order chi connectivity index (χ0) is 15.9. The summed E-state index contributed by atoms with van der Waals surface area (Å²) < 4.78 is 0.